The Morgan fingerprint density at radius 3 is 1.87 bits per heavy atom. The number of benzene rings is 2. The molecule has 1 saturated heterocycles. The van der Waals surface area contributed by atoms with Gasteiger partial charge >= 0.3 is 6.09 Å². The molecule has 0 spiro atoms. The summed E-state index contributed by atoms with van der Waals surface area (Å²) in [5.74, 6) is 1.26. The summed E-state index contributed by atoms with van der Waals surface area (Å²) in [4.78, 5) is 12.3. The SMILES string of the molecule is CCCCNC(=O)O[C@H]1CN[C@@H](C(O)(c2ccc(C3CCCCC3)cc2)c2ccc(C3CCCCC3)cc2)C1. The Morgan fingerprint density at radius 2 is 1.38 bits per heavy atom. The number of carbonyl (C=O) groups is 1. The first-order valence-corrected chi connectivity index (χ1v) is 15.7. The van der Waals surface area contributed by atoms with Crippen LogP contribution >= 0.6 is 0 Å². The molecule has 1 amide bonds. The fraction of sp³-hybridized carbons (Fsp3) is 0.618. The van der Waals surface area contributed by atoms with E-state index in [1.54, 1.807) is 0 Å². The van der Waals surface area contributed by atoms with Gasteiger partial charge in [0.2, 0.25) is 0 Å². The number of hydrogen-bond acceptors (Lipinski definition) is 4. The molecule has 2 aliphatic carbocycles. The van der Waals surface area contributed by atoms with E-state index in [0.717, 1.165) is 24.0 Å². The van der Waals surface area contributed by atoms with Crippen LogP contribution in [0.2, 0.25) is 0 Å². The molecule has 3 aliphatic rings. The van der Waals surface area contributed by atoms with Crippen LogP contribution in [-0.4, -0.2) is 36.4 Å². The molecule has 5 nitrogen and oxygen atoms in total. The van der Waals surface area contributed by atoms with Crippen LogP contribution in [0.3, 0.4) is 0 Å². The lowest BCUT2D eigenvalue weighted by atomic mass is 9.77. The molecule has 3 fully saturated rings. The first kappa shape index (κ1) is 28.2. The molecule has 5 heteroatoms. The topological polar surface area (TPSA) is 70.6 Å². The standard InChI is InChI=1S/C34H48N2O3/c1-2-3-22-35-33(37)39-31-23-32(36-24-31)34(38,29-18-14-27(15-19-29)25-10-6-4-7-11-25)30-20-16-28(17-21-30)26-12-8-5-9-13-26/h14-21,25-26,31-32,36,38H,2-13,22-24H2,1H3,(H,35,37)/t31-,32-/m1/s1. The minimum absolute atomic E-state index is 0.257. The number of aliphatic hydroxyl groups is 1. The molecule has 1 aliphatic heterocycles. The van der Waals surface area contributed by atoms with Gasteiger partial charge in [-0.1, -0.05) is 100 Å². The Hall–Kier alpha value is -2.37. The second-order valence-electron chi connectivity index (χ2n) is 12.2. The molecular weight excluding hydrogens is 484 g/mol. The van der Waals surface area contributed by atoms with E-state index in [4.69, 9.17) is 4.74 Å². The van der Waals surface area contributed by atoms with Crippen LogP contribution < -0.4 is 10.6 Å². The molecule has 3 N–H and O–H groups in total. The molecule has 212 valence electrons. The van der Waals surface area contributed by atoms with E-state index < -0.39 is 5.60 Å². The number of nitrogens with one attached hydrogen (secondary N) is 2. The van der Waals surface area contributed by atoms with Crippen molar-refractivity contribution in [1.29, 1.82) is 0 Å². The monoisotopic (exact) mass is 532 g/mol. The van der Waals surface area contributed by atoms with Crippen molar-refractivity contribution >= 4 is 6.09 Å². The maximum atomic E-state index is 12.6. The van der Waals surface area contributed by atoms with Gasteiger partial charge in [0.15, 0.2) is 0 Å². The first-order chi connectivity index (χ1) is 19.1. The summed E-state index contributed by atoms with van der Waals surface area (Å²) in [7, 11) is 0. The van der Waals surface area contributed by atoms with Crippen molar-refractivity contribution < 1.29 is 14.6 Å². The van der Waals surface area contributed by atoms with Crippen molar-refractivity contribution in [2.75, 3.05) is 13.1 Å². The molecule has 0 radical (unpaired) electrons. The Bertz CT molecular complexity index is 978. The average molecular weight is 533 g/mol. The molecular formula is C34H48N2O3. The van der Waals surface area contributed by atoms with Gasteiger partial charge < -0.3 is 20.5 Å². The zero-order valence-electron chi connectivity index (χ0n) is 23.8. The van der Waals surface area contributed by atoms with Gasteiger partial charge in [0.05, 0.1) is 0 Å². The van der Waals surface area contributed by atoms with Crippen LogP contribution in [0.5, 0.6) is 0 Å². The molecule has 2 aromatic rings. The highest BCUT2D eigenvalue weighted by Crippen LogP contribution is 2.40. The van der Waals surface area contributed by atoms with E-state index in [-0.39, 0.29) is 18.2 Å². The zero-order valence-corrected chi connectivity index (χ0v) is 23.8. The number of alkyl carbamates (subject to hydrolysis) is 1. The van der Waals surface area contributed by atoms with Crippen LogP contribution in [0.15, 0.2) is 48.5 Å². The summed E-state index contributed by atoms with van der Waals surface area (Å²) >= 11 is 0. The highest BCUT2D eigenvalue weighted by atomic mass is 16.6. The summed E-state index contributed by atoms with van der Waals surface area (Å²) in [5.41, 5.74) is 3.36. The normalized spacial score (nSPS) is 23.0. The van der Waals surface area contributed by atoms with E-state index >= 15 is 0 Å². The Balaban J connectivity index is 1.37. The Morgan fingerprint density at radius 1 is 0.872 bits per heavy atom. The van der Waals surface area contributed by atoms with Crippen molar-refractivity contribution in [2.45, 2.75) is 120 Å². The van der Waals surface area contributed by atoms with Crippen LogP contribution in [0.4, 0.5) is 4.79 Å². The summed E-state index contributed by atoms with van der Waals surface area (Å²) in [6.07, 6.45) is 14.9. The van der Waals surface area contributed by atoms with Crippen molar-refractivity contribution in [2.24, 2.45) is 0 Å². The minimum atomic E-state index is -1.22. The van der Waals surface area contributed by atoms with Crippen molar-refractivity contribution in [1.82, 2.24) is 10.6 Å². The number of amides is 1. The second-order valence-corrected chi connectivity index (χ2v) is 12.2. The third-order valence-electron chi connectivity index (χ3n) is 9.52. The van der Waals surface area contributed by atoms with Gasteiger partial charge in [0.1, 0.15) is 11.7 Å². The predicted octanol–water partition coefficient (Wildman–Crippen LogP) is 7.27. The van der Waals surface area contributed by atoms with Gasteiger partial charge in [-0.2, -0.15) is 0 Å². The highest BCUT2D eigenvalue weighted by Gasteiger charge is 2.45. The number of rotatable bonds is 9. The van der Waals surface area contributed by atoms with Crippen LogP contribution in [0, 0.1) is 0 Å². The van der Waals surface area contributed by atoms with Crippen molar-refractivity contribution in [3.8, 4) is 0 Å². The van der Waals surface area contributed by atoms with Crippen molar-refractivity contribution in [3.05, 3.63) is 70.8 Å². The quantitative estimate of drug-likeness (QED) is 0.297. The lowest BCUT2D eigenvalue weighted by Crippen LogP contribution is -2.46. The Kier molecular flexibility index (Phi) is 9.62. The fourth-order valence-electron chi connectivity index (χ4n) is 7.13. The fourth-order valence-corrected chi connectivity index (χ4v) is 7.13. The molecule has 39 heavy (non-hydrogen) atoms. The summed E-state index contributed by atoms with van der Waals surface area (Å²) in [5, 5.41) is 18.9. The summed E-state index contributed by atoms with van der Waals surface area (Å²) < 4.78 is 5.73. The van der Waals surface area contributed by atoms with Gasteiger partial charge in [-0.15, -0.1) is 0 Å². The van der Waals surface area contributed by atoms with Gasteiger partial charge in [-0.25, -0.2) is 4.79 Å². The molecule has 0 bridgehead atoms. The first-order valence-electron chi connectivity index (χ1n) is 15.7. The molecule has 2 saturated carbocycles. The Labute approximate surface area is 235 Å². The largest absolute Gasteiger partial charge is 0.445 e. The molecule has 0 unspecified atom stereocenters. The van der Waals surface area contributed by atoms with Gasteiger partial charge in [-0.3, -0.25) is 0 Å². The third kappa shape index (κ3) is 6.69. The van der Waals surface area contributed by atoms with Crippen LogP contribution in [0.1, 0.15) is 124 Å². The lowest BCUT2D eigenvalue weighted by Gasteiger charge is -2.36. The zero-order chi connectivity index (χ0) is 27.1. The van der Waals surface area contributed by atoms with Gasteiger partial charge in [-0.05, 0) is 66.2 Å². The number of hydrogen-bond donors (Lipinski definition) is 3. The smallest absolute Gasteiger partial charge is 0.407 e. The molecule has 2 aromatic carbocycles. The molecule has 1 heterocycles. The molecule has 5 rings (SSSR count). The predicted molar refractivity (Wildman–Crippen MR) is 157 cm³/mol. The number of ether oxygens (including phenoxy) is 1. The van der Waals surface area contributed by atoms with E-state index in [0.29, 0.717) is 31.3 Å². The molecule has 2 atom stereocenters. The van der Waals surface area contributed by atoms with Crippen LogP contribution in [-0.2, 0) is 10.3 Å². The van der Waals surface area contributed by atoms with Gasteiger partial charge in [0.25, 0.3) is 0 Å². The summed E-state index contributed by atoms with van der Waals surface area (Å²) in [6.45, 7) is 3.26. The lowest BCUT2D eigenvalue weighted by molar-refractivity contribution is 0.0372. The van der Waals surface area contributed by atoms with E-state index in [9.17, 15) is 9.90 Å². The maximum Gasteiger partial charge on any atom is 0.407 e. The average Bonchev–Trinajstić information content (AvgIpc) is 3.47. The second kappa shape index (κ2) is 13.3. The van der Waals surface area contributed by atoms with E-state index in [1.165, 1.54) is 75.3 Å². The van der Waals surface area contributed by atoms with Crippen molar-refractivity contribution in [3.63, 3.8) is 0 Å². The number of carbonyl (C=O) groups excluding carboxylic acids is 1. The van der Waals surface area contributed by atoms with Crippen LogP contribution in [0.25, 0.3) is 0 Å². The third-order valence-corrected chi connectivity index (χ3v) is 9.52. The van der Waals surface area contributed by atoms with E-state index in [2.05, 4.69) is 66.1 Å². The minimum Gasteiger partial charge on any atom is -0.445 e. The number of unbranched alkanes of at least 4 members (excludes halogenated alkanes) is 1. The highest BCUT2D eigenvalue weighted by molar-refractivity contribution is 5.67. The molecule has 0 aromatic heterocycles. The van der Waals surface area contributed by atoms with E-state index in [1.807, 2.05) is 0 Å². The summed E-state index contributed by atoms with van der Waals surface area (Å²) in [6, 6.07) is 17.2. The van der Waals surface area contributed by atoms with Gasteiger partial charge in [0, 0.05) is 25.6 Å². The maximum absolute atomic E-state index is 12.6.